The summed E-state index contributed by atoms with van der Waals surface area (Å²) in [6.07, 6.45) is 3.36. The molecule has 146 valence electrons. The largest absolute Gasteiger partial charge is 0.465 e. The maximum atomic E-state index is 13.0. The fourth-order valence-electron chi connectivity index (χ4n) is 4.30. The van der Waals surface area contributed by atoms with Gasteiger partial charge in [-0.15, -0.1) is 0 Å². The molecule has 1 aliphatic carbocycles. The minimum Gasteiger partial charge on any atom is -0.465 e. The van der Waals surface area contributed by atoms with Crippen molar-refractivity contribution in [2.45, 2.75) is 52.0 Å². The van der Waals surface area contributed by atoms with Crippen LogP contribution in [0.5, 0.6) is 0 Å². The molecule has 8 nitrogen and oxygen atoms in total. The molecule has 2 aliphatic rings. The normalized spacial score (nSPS) is 25.0. The van der Waals surface area contributed by atoms with Gasteiger partial charge in [-0.3, -0.25) is 14.5 Å². The van der Waals surface area contributed by atoms with Crippen molar-refractivity contribution in [3.8, 4) is 0 Å². The van der Waals surface area contributed by atoms with Crippen LogP contribution in [-0.2, 0) is 9.53 Å². The summed E-state index contributed by atoms with van der Waals surface area (Å²) in [6.45, 7) is 4.91. The Morgan fingerprint density at radius 3 is 2.59 bits per heavy atom. The molecule has 0 aromatic carbocycles. The summed E-state index contributed by atoms with van der Waals surface area (Å²) in [5.74, 6) is -1.26. The second kappa shape index (κ2) is 6.83. The van der Waals surface area contributed by atoms with Crippen molar-refractivity contribution in [1.29, 1.82) is 0 Å². The molecule has 2 fully saturated rings. The minimum atomic E-state index is -0.895. The highest BCUT2D eigenvalue weighted by molar-refractivity contribution is 6.11. The summed E-state index contributed by atoms with van der Waals surface area (Å²) in [4.78, 5) is 54.0. The number of carbonyl (C=O) groups excluding carboxylic acids is 4. The zero-order chi connectivity index (χ0) is 19.9. The highest BCUT2D eigenvalue weighted by Gasteiger charge is 2.55. The van der Waals surface area contributed by atoms with E-state index in [1.54, 1.807) is 13.8 Å². The maximum absolute atomic E-state index is 13.0. The third-order valence-corrected chi connectivity index (χ3v) is 5.91. The van der Waals surface area contributed by atoms with E-state index >= 15 is 0 Å². The van der Waals surface area contributed by atoms with Gasteiger partial charge in [0.05, 0.1) is 24.9 Å². The Morgan fingerprint density at radius 1 is 1.26 bits per heavy atom. The number of ether oxygens (including phenoxy) is 1. The summed E-state index contributed by atoms with van der Waals surface area (Å²) in [7, 11) is 1.27. The number of hydrogen-bond acceptors (Lipinski definition) is 5. The van der Waals surface area contributed by atoms with Crippen molar-refractivity contribution in [2.75, 3.05) is 13.7 Å². The number of imide groups is 1. The standard InChI is InChI=1S/C19H25N3O5/c1-10-7-5-6-8-19(10)17(25)22(18(26)21-19)9-13(23)15-11(2)14(12(3)20-15)16(24)27-4/h10,20H,5-9H2,1-4H3,(H,21,26). The lowest BCUT2D eigenvalue weighted by Crippen LogP contribution is -2.54. The molecule has 1 aliphatic heterocycles. The molecule has 3 amide bonds. The van der Waals surface area contributed by atoms with Gasteiger partial charge in [0, 0.05) is 5.69 Å². The van der Waals surface area contributed by atoms with Gasteiger partial charge >= 0.3 is 12.0 Å². The summed E-state index contributed by atoms with van der Waals surface area (Å²) in [5.41, 5.74) is 0.587. The van der Waals surface area contributed by atoms with E-state index < -0.39 is 23.3 Å². The van der Waals surface area contributed by atoms with Crippen LogP contribution < -0.4 is 5.32 Å². The number of urea groups is 1. The number of H-pyrrole nitrogens is 1. The Morgan fingerprint density at radius 2 is 1.96 bits per heavy atom. The average molecular weight is 375 g/mol. The molecule has 1 spiro atoms. The number of nitrogens with zero attached hydrogens (tertiary/aromatic N) is 1. The highest BCUT2D eigenvalue weighted by atomic mass is 16.5. The van der Waals surface area contributed by atoms with E-state index in [1.807, 2.05) is 6.92 Å². The monoisotopic (exact) mass is 375 g/mol. The van der Waals surface area contributed by atoms with Crippen LogP contribution in [-0.4, -0.2) is 52.8 Å². The quantitative estimate of drug-likeness (QED) is 0.476. The van der Waals surface area contributed by atoms with Crippen LogP contribution in [0.2, 0.25) is 0 Å². The number of Topliss-reactive ketones (excluding diaryl/α,β-unsaturated/α-hetero) is 1. The second-order valence-corrected chi connectivity index (χ2v) is 7.48. The predicted molar refractivity (Wildman–Crippen MR) is 96.5 cm³/mol. The number of aromatic nitrogens is 1. The number of aryl methyl sites for hydroxylation is 1. The Kier molecular flexibility index (Phi) is 4.84. The lowest BCUT2D eigenvalue weighted by atomic mass is 9.73. The van der Waals surface area contributed by atoms with E-state index in [2.05, 4.69) is 10.3 Å². The second-order valence-electron chi connectivity index (χ2n) is 7.48. The number of nitrogens with one attached hydrogen (secondary N) is 2. The maximum Gasteiger partial charge on any atom is 0.339 e. The number of esters is 1. The number of rotatable bonds is 4. The molecule has 1 saturated carbocycles. The molecule has 2 atom stereocenters. The van der Waals surface area contributed by atoms with E-state index in [1.165, 1.54) is 7.11 Å². The number of hydrogen-bond donors (Lipinski definition) is 2. The average Bonchev–Trinajstić information content (AvgIpc) is 3.05. The lowest BCUT2D eigenvalue weighted by Gasteiger charge is -2.36. The van der Waals surface area contributed by atoms with Crippen molar-refractivity contribution in [2.24, 2.45) is 5.92 Å². The van der Waals surface area contributed by atoms with Gasteiger partial charge in [-0.25, -0.2) is 9.59 Å². The molecule has 2 heterocycles. The summed E-state index contributed by atoms with van der Waals surface area (Å²) < 4.78 is 4.75. The van der Waals surface area contributed by atoms with Crippen LogP contribution in [0.4, 0.5) is 4.79 Å². The summed E-state index contributed by atoms with van der Waals surface area (Å²) in [6, 6.07) is -0.531. The molecule has 1 saturated heterocycles. The van der Waals surface area contributed by atoms with Gasteiger partial charge in [-0.05, 0) is 38.2 Å². The number of aromatic amines is 1. The molecule has 8 heteroatoms. The Labute approximate surface area is 157 Å². The van der Waals surface area contributed by atoms with Crippen molar-refractivity contribution in [3.05, 3.63) is 22.5 Å². The molecule has 27 heavy (non-hydrogen) atoms. The molecule has 2 unspecified atom stereocenters. The first-order valence-electron chi connectivity index (χ1n) is 9.17. The lowest BCUT2D eigenvalue weighted by molar-refractivity contribution is -0.133. The number of ketones is 1. The van der Waals surface area contributed by atoms with E-state index in [4.69, 9.17) is 4.74 Å². The van der Waals surface area contributed by atoms with Crippen LogP contribution in [0.25, 0.3) is 0 Å². The molecule has 0 radical (unpaired) electrons. The molecule has 3 rings (SSSR count). The molecule has 1 aromatic heterocycles. The molecule has 1 aromatic rings. The van der Waals surface area contributed by atoms with Gasteiger partial charge in [0.2, 0.25) is 0 Å². The smallest absolute Gasteiger partial charge is 0.339 e. The highest BCUT2D eigenvalue weighted by Crippen LogP contribution is 2.38. The van der Waals surface area contributed by atoms with Crippen LogP contribution in [0.3, 0.4) is 0 Å². The fourth-order valence-corrected chi connectivity index (χ4v) is 4.30. The predicted octanol–water partition coefficient (Wildman–Crippen LogP) is 2.10. The number of amides is 3. The fraction of sp³-hybridized carbons (Fsp3) is 0.579. The van der Waals surface area contributed by atoms with Gasteiger partial charge < -0.3 is 15.0 Å². The van der Waals surface area contributed by atoms with Gasteiger partial charge in [0.1, 0.15) is 5.54 Å². The van der Waals surface area contributed by atoms with Crippen LogP contribution in [0.1, 0.15) is 64.7 Å². The van der Waals surface area contributed by atoms with Gasteiger partial charge in [-0.1, -0.05) is 19.8 Å². The SMILES string of the molecule is COC(=O)c1c(C)[nH]c(C(=O)CN2C(=O)NC3(CCCCC3C)C2=O)c1C. The van der Waals surface area contributed by atoms with Crippen LogP contribution >= 0.6 is 0 Å². The molecular formula is C19H25N3O5. The van der Waals surface area contributed by atoms with E-state index in [-0.39, 0.29) is 24.1 Å². The van der Waals surface area contributed by atoms with E-state index in [0.29, 0.717) is 23.2 Å². The van der Waals surface area contributed by atoms with E-state index in [9.17, 15) is 19.2 Å². The Hall–Kier alpha value is -2.64. The Bertz CT molecular complexity index is 828. The van der Waals surface area contributed by atoms with Crippen molar-refractivity contribution < 1.29 is 23.9 Å². The number of methoxy groups -OCH3 is 1. The van der Waals surface area contributed by atoms with Crippen molar-refractivity contribution >= 4 is 23.7 Å². The summed E-state index contributed by atoms with van der Waals surface area (Å²) >= 11 is 0. The first kappa shape index (κ1) is 19.1. The zero-order valence-electron chi connectivity index (χ0n) is 16.1. The summed E-state index contributed by atoms with van der Waals surface area (Å²) in [5, 5.41) is 2.84. The third kappa shape index (κ3) is 2.93. The molecular weight excluding hydrogens is 350 g/mol. The first-order valence-corrected chi connectivity index (χ1v) is 9.17. The zero-order valence-corrected chi connectivity index (χ0v) is 16.1. The van der Waals surface area contributed by atoms with Gasteiger partial charge in [-0.2, -0.15) is 0 Å². The number of carbonyl (C=O) groups is 4. The van der Waals surface area contributed by atoms with E-state index in [0.717, 1.165) is 24.2 Å². The van der Waals surface area contributed by atoms with Crippen LogP contribution in [0.15, 0.2) is 0 Å². The first-order chi connectivity index (χ1) is 12.7. The van der Waals surface area contributed by atoms with Gasteiger partial charge in [0.15, 0.2) is 5.78 Å². The van der Waals surface area contributed by atoms with Crippen molar-refractivity contribution in [3.63, 3.8) is 0 Å². The molecule has 0 bridgehead atoms. The minimum absolute atomic E-state index is 0.0307. The third-order valence-electron chi connectivity index (χ3n) is 5.91. The van der Waals surface area contributed by atoms with Gasteiger partial charge in [0.25, 0.3) is 5.91 Å². The Balaban J connectivity index is 1.84. The molecule has 2 N–H and O–H groups in total. The topological polar surface area (TPSA) is 109 Å². The van der Waals surface area contributed by atoms with Crippen LogP contribution in [0, 0.1) is 19.8 Å². The van der Waals surface area contributed by atoms with Crippen molar-refractivity contribution in [1.82, 2.24) is 15.2 Å².